The minimum absolute atomic E-state index is 0. The first-order valence-corrected chi connectivity index (χ1v) is 6.44. The molecule has 0 aliphatic rings. The Hall–Kier alpha value is -1.42. The maximum Gasteiger partial charge on any atom is 0.265 e. The van der Waals surface area contributed by atoms with Crippen LogP contribution in [0.1, 0.15) is 31.7 Å². The lowest BCUT2D eigenvalue weighted by molar-refractivity contribution is -0.689. The van der Waals surface area contributed by atoms with Crippen LogP contribution in [0.5, 0.6) is 0 Å². The van der Waals surface area contributed by atoms with Gasteiger partial charge >= 0.3 is 0 Å². The van der Waals surface area contributed by atoms with Gasteiger partial charge in [-0.25, -0.2) is 8.96 Å². The maximum absolute atomic E-state index is 12.8. The molecule has 0 aliphatic carbocycles. The summed E-state index contributed by atoms with van der Waals surface area (Å²) in [6.07, 6.45) is 7.43. The fraction of sp³-hybridized carbons (Fsp3) is 0.429. The second kappa shape index (κ2) is 7.89. The number of hydrogen-bond donors (Lipinski definition) is 0. The van der Waals surface area contributed by atoms with E-state index < -0.39 is 0 Å². The zero-order valence-electron chi connectivity index (χ0n) is 11.1. The van der Waals surface area contributed by atoms with Gasteiger partial charge in [-0.1, -0.05) is 31.9 Å². The lowest BCUT2D eigenvalue weighted by Crippen LogP contribution is -3.00. The van der Waals surface area contributed by atoms with Gasteiger partial charge in [0.15, 0.2) is 0 Å². The first-order valence-electron chi connectivity index (χ1n) is 6.44. The Kier molecular flexibility index (Phi) is 6.50. The van der Waals surface area contributed by atoms with Gasteiger partial charge in [-0.2, -0.15) is 0 Å². The van der Waals surface area contributed by atoms with Gasteiger partial charge in [-0.15, -0.1) is 4.68 Å². The first-order chi connectivity index (χ1) is 8.78. The van der Waals surface area contributed by atoms with Crippen LogP contribution in [0, 0.1) is 5.82 Å². The van der Waals surface area contributed by atoms with Crippen LogP contribution in [0.2, 0.25) is 0 Å². The van der Waals surface area contributed by atoms with E-state index in [-0.39, 0.29) is 18.2 Å². The third kappa shape index (κ3) is 4.99. The van der Waals surface area contributed by atoms with Crippen LogP contribution in [0.4, 0.5) is 4.39 Å². The fourth-order valence-corrected chi connectivity index (χ4v) is 1.89. The zero-order valence-corrected chi connectivity index (χ0v) is 11.9. The molecule has 2 rings (SSSR count). The molecule has 0 atom stereocenters. The van der Waals surface area contributed by atoms with Crippen LogP contribution in [0.25, 0.3) is 0 Å². The molecule has 0 amide bonds. The minimum Gasteiger partial charge on any atom is -1.00 e. The van der Waals surface area contributed by atoms with Gasteiger partial charge in [0.1, 0.15) is 12.4 Å². The zero-order chi connectivity index (χ0) is 12.8. The highest BCUT2D eigenvalue weighted by Crippen LogP contribution is 2.02. The molecule has 5 heteroatoms. The molecular weight excluding hydrogens is 265 g/mol. The summed E-state index contributed by atoms with van der Waals surface area (Å²) in [6.45, 7) is 3.89. The van der Waals surface area contributed by atoms with Crippen molar-refractivity contribution < 1.29 is 21.4 Å². The van der Waals surface area contributed by atoms with Gasteiger partial charge in [0.05, 0.1) is 6.54 Å². The largest absolute Gasteiger partial charge is 1.00 e. The summed E-state index contributed by atoms with van der Waals surface area (Å²) >= 11 is 0. The summed E-state index contributed by atoms with van der Waals surface area (Å²) in [7, 11) is 0. The van der Waals surface area contributed by atoms with Gasteiger partial charge in [0.2, 0.25) is 6.33 Å². The van der Waals surface area contributed by atoms with E-state index in [2.05, 4.69) is 12.0 Å². The number of nitrogens with zero attached hydrogens (tertiary/aromatic N) is 3. The summed E-state index contributed by atoms with van der Waals surface area (Å²) in [4.78, 5) is 0. The normalized spacial score (nSPS) is 10.2. The first kappa shape index (κ1) is 15.6. The molecule has 0 N–H and O–H groups in total. The molecule has 0 spiro atoms. The Morgan fingerprint density at radius 1 is 1.21 bits per heavy atom. The molecular formula is C14H19ClFN3. The van der Waals surface area contributed by atoms with Crippen molar-refractivity contribution in [1.29, 1.82) is 0 Å². The number of aromatic nitrogens is 3. The Labute approximate surface area is 119 Å². The van der Waals surface area contributed by atoms with Crippen molar-refractivity contribution in [3.63, 3.8) is 0 Å². The Morgan fingerprint density at radius 2 is 1.95 bits per heavy atom. The predicted octanol–water partition coefficient (Wildman–Crippen LogP) is -0.448. The van der Waals surface area contributed by atoms with E-state index in [0.29, 0.717) is 0 Å². The van der Waals surface area contributed by atoms with E-state index >= 15 is 0 Å². The Balaban J connectivity index is 0.00000180. The van der Waals surface area contributed by atoms with E-state index in [1.165, 1.54) is 25.0 Å². The SMILES string of the molecule is CCCCCn1c[n+](Cc2ccc(F)cc2)cn1.[Cl-]. The highest BCUT2D eigenvalue weighted by atomic mass is 35.5. The molecule has 2 aromatic rings. The quantitative estimate of drug-likeness (QED) is 0.520. The lowest BCUT2D eigenvalue weighted by Gasteiger charge is -1.97. The third-order valence-electron chi connectivity index (χ3n) is 2.90. The van der Waals surface area contributed by atoms with Crippen LogP contribution < -0.4 is 17.0 Å². The van der Waals surface area contributed by atoms with Crippen LogP contribution in [0.3, 0.4) is 0 Å². The average molecular weight is 284 g/mol. The second-order valence-corrected chi connectivity index (χ2v) is 4.52. The van der Waals surface area contributed by atoms with Crippen molar-refractivity contribution in [2.24, 2.45) is 0 Å². The van der Waals surface area contributed by atoms with Gasteiger partial charge in [-0.05, 0) is 24.1 Å². The molecule has 1 aromatic carbocycles. The van der Waals surface area contributed by atoms with E-state index in [4.69, 9.17) is 0 Å². The van der Waals surface area contributed by atoms with Gasteiger partial charge in [0, 0.05) is 5.10 Å². The molecule has 0 fully saturated rings. The fourth-order valence-electron chi connectivity index (χ4n) is 1.89. The molecule has 0 saturated carbocycles. The van der Waals surface area contributed by atoms with Crippen molar-refractivity contribution in [1.82, 2.24) is 9.78 Å². The monoisotopic (exact) mass is 283 g/mol. The number of aryl methyl sites for hydroxylation is 1. The Bertz CT molecular complexity index is 482. The molecule has 3 nitrogen and oxygen atoms in total. The molecule has 19 heavy (non-hydrogen) atoms. The number of hydrogen-bond acceptors (Lipinski definition) is 1. The number of unbranched alkanes of at least 4 members (excludes halogenated alkanes) is 2. The van der Waals surface area contributed by atoms with Crippen LogP contribution >= 0.6 is 0 Å². The smallest absolute Gasteiger partial charge is 0.265 e. The summed E-state index contributed by atoms with van der Waals surface area (Å²) in [6, 6.07) is 6.58. The van der Waals surface area contributed by atoms with Crippen molar-refractivity contribution in [3.8, 4) is 0 Å². The second-order valence-electron chi connectivity index (χ2n) is 4.52. The molecule has 0 radical (unpaired) electrons. The Morgan fingerprint density at radius 3 is 2.63 bits per heavy atom. The predicted molar refractivity (Wildman–Crippen MR) is 67.4 cm³/mol. The van der Waals surface area contributed by atoms with Crippen LogP contribution in [-0.4, -0.2) is 9.78 Å². The maximum atomic E-state index is 12.8. The number of benzene rings is 1. The van der Waals surface area contributed by atoms with Crippen molar-refractivity contribution in [2.75, 3.05) is 0 Å². The van der Waals surface area contributed by atoms with E-state index in [1.54, 1.807) is 12.1 Å². The van der Waals surface area contributed by atoms with Crippen LogP contribution in [-0.2, 0) is 13.1 Å². The van der Waals surface area contributed by atoms with E-state index in [0.717, 1.165) is 25.1 Å². The third-order valence-corrected chi connectivity index (χ3v) is 2.90. The van der Waals surface area contributed by atoms with Crippen molar-refractivity contribution in [3.05, 3.63) is 48.3 Å². The van der Waals surface area contributed by atoms with Gasteiger partial charge in [-0.3, -0.25) is 0 Å². The van der Waals surface area contributed by atoms with Crippen molar-refractivity contribution in [2.45, 2.75) is 39.3 Å². The summed E-state index contributed by atoms with van der Waals surface area (Å²) in [5.74, 6) is -0.195. The highest BCUT2D eigenvalue weighted by Gasteiger charge is 2.05. The number of halogens is 2. The lowest BCUT2D eigenvalue weighted by atomic mass is 10.2. The molecule has 1 heterocycles. The average Bonchev–Trinajstić information content (AvgIpc) is 2.80. The van der Waals surface area contributed by atoms with Gasteiger partial charge < -0.3 is 12.4 Å². The molecule has 1 aromatic heterocycles. The number of rotatable bonds is 6. The molecule has 0 bridgehead atoms. The molecule has 104 valence electrons. The molecule has 0 saturated heterocycles. The minimum atomic E-state index is -0.195. The molecule has 0 aliphatic heterocycles. The van der Waals surface area contributed by atoms with E-state index in [1.807, 2.05) is 21.9 Å². The summed E-state index contributed by atoms with van der Waals surface area (Å²) in [5.41, 5.74) is 1.08. The van der Waals surface area contributed by atoms with E-state index in [9.17, 15) is 4.39 Å². The standard InChI is InChI=1S/C14H19FN3.ClH/c1-2-3-4-9-18-12-17(11-16-18)10-13-5-7-14(15)8-6-13;/h5-8,11-12H,2-4,9-10H2,1H3;1H/q+1;/p-1. The van der Waals surface area contributed by atoms with Gasteiger partial charge in [0.25, 0.3) is 6.33 Å². The molecule has 0 unspecified atom stereocenters. The topological polar surface area (TPSA) is 21.7 Å². The van der Waals surface area contributed by atoms with Crippen molar-refractivity contribution >= 4 is 0 Å². The summed E-state index contributed by atoms with van der Waals surface area (Å²) < 4.78 is 16.7. The van der Waals surface area contributed by atoms with Crippen LogP contribution in [0.15, 0.2) is 36.9 Å². The summed E-state index contributed by atoms with van der Waals surface area (Å²) in [5, 5.41) is 4.31. The highest BCUT2D eigenvalue weighted by molar-refractivity contribution is 5.14.